The third-order valence-electron chi connectivity index (χ3n) is 2.49. The molecule has 0 fully saturated rings. The summed E-state index contributed by atoms with van der Waals surface area (Å²) in [5.74, 6) is 0. The first-order chi connectivity index (χ1) is 7.35. The molecule has 0 amide bonds. The van der Waals surface area contributed by atoms with E-state index >= 15 is 0 Å². The summed E-state index contributed by atoms with van der Waals surface area (Å²) in [5, 5.41) is 0. The number of methoxy groups -OCH3 is 1. The van der Waals surface area contributed by atoms with E-state index in [4.69, 9.17) is 10.5 Å². The minimum Gasteiger partial charge on any atom is -0.372 e. The molecule has 6 heteroatoms. The average molecular weight is 234 g/mol. The summed E-state index contributed by atoms with van der Waals surface area (Å²) in [5.41, 5.74) is 3.26. The van der Waals surface area contributed by atoms with Crippen LogP contribution < -0.4 is 5.73 Å². The summed E-state index contributed by atoms with van der Waals surface area (Å²) in [6, 6.07) is 2.75. The number of hydrogen-bond donors (Lipinski definition) is 1. The van der Waals surface area contributed by atoms with Gasteiger partial charge in [0.1, 0.15) is 5.60 Å². The summed E-state index contributed by atoms with van der Waals surface area (Å²) < 4.78 is 43.1. The molecule has 0 saturated heterocycles. The van der Waals surface area contributed by atoms with Crippen LogP contribution in [-0.2, 0) is 16.5 Å². The van der Waals surface area contributed by atoms with Gasteiger partial charge < -0.3 is 10.5 Å². The second-order valence-corrected chi connectivity index (χ2v) is 3.54. The number of alkyl halides is 3. The molecule has 90 valence electrons. The van der Waals surface area contributed by atoms with Gasteiger partial charge in [0.15, 0.2) is 5.69 Å². The molecule has 1 heterocycles. The van der Waals surface area contributed by atoms with Crippen LogP contribution in [-0.4, -0.2) is 18.6 Å². The predicted molar refractivity (Wildman–Crippen MR) is 52.7 cm³/mol. The van der Waals surface area contributed by atoms with E-state index < -0.39 is 17.5 Å². The van der Waals surface area contributed by atoms with Crippen molar-refractivity contribution in [1.29, 1.82) is 0 Å². The Balaban J connectivity index is 3.34. The first kappa shape index (κ1) is 12.9. The quantitative estimate of drug-likeness (QED) is 0.869. The fourth-order valence-electron chi connectivity index (χ4n) is 1.36. The Kier molecular flexibility index (Phi) is 3.54. The van der Waals surface area contributed by atoms with E-state index in [-0.39, 0.29) is 12.1 Å². The Bertz CT molecular complexity index is 361. The van der Waals surface area contributed by atoms with Gasteiger partial charge in [0.05, 0.1) is 0 Å². The predicted octanol–water partition coefficient (Wildman–Crippen LogP) is 1.92. The second-order valence-electron chi connectivity index (χ2n) is 3.54. The van der Waals surface area contributed by atoms with Gasteiger partial charge in [-0.2, -0.15) is 13.2 Å². The second kappa shape index (κ2) is 4.39. The molecular weight excluding hydrogens is 221 g/mol. The fourth-order valence-corrected chi connectivity index (χ4v) is 1.36. The maximum Gasteiger partial charge on any atom is 0.433 e. The molecule has 1 unspecified atom stereocenters. The van der Waals surface area contributed by atoms with Crippen LogP contribution in [0.15, 0.2) is 18.3 Å². The van der Waals surface area contributed by atoms with E-state index in [9.17, 15) is 13.2 Å². The molecule has 0 saturated carbocycles. The SMILES string of the molecule is COC(C)(CN)c1cccnc1C(F)(F)F. The zero-order valence-corrected chi connectivity index (χ0v) is 9.01. The highest BCUT2D eigenvalue weighted by molar-refractivity contribution is 5.29. The highest BCUT2D eigenvalue weighted by Gasteiger charge is 2.40. The van der Waals surface area contributed by atoms with Gasteiger partial charge in [-0.25, -0.2) is 0 Å². The number of aromatic nitrogens is 1. The third kappa shape index (κ3) is 2.33. The van der Waals surface area contributed by atoms with Gasteiger partial charge in [0, 0.05) is 25.4 Å². The van der Waals surface area contributed by atoms with Gasteiger partial charge >= 0.3 is 6.18 Å². The molecule has 0 aliphatic heterocycles. The zero-order chi connectivity index (χ0) is 12.4. The molecule has 0 radical (unpaired) electrons. The summed E-state index contributed by atoms with van der Waals surface area (Å²) >= 11 is 0. The number of pyridine rings is 1. The van der Waals surface area contributed by atoms with Crippen molar-refractivity contribution in [2.75, 3.05) is 13.7 Å². The molecule has 0 spiro atoms. The lowest BCUT2D eigenvalue weighted by Gasteiger charge is -2.28. The number of nitrogens with zero attached hydrogens (tertiary/aromatic N) is 1. The lowest BCUT2D eigenvalue weighted by Crippen LogP contribution is -2.36. The van der Waals surface area contributed by atoms with Gasteiger partial charge in [-0.15, -0.1) is 0 Å². The summed E-state index contributed by atoms with van der Waals surface area (Å²) in [6.07, 6.45) is -3.41. The standard InChI is InChI=1S/C10H13F3N2O/c1-9(6-14,16-2)7-4-3-5-15-8(7)10(11,12)13/h3-5H,6,14H2,1-2H3. The van der Waals surface area contributed by atoms with Crippen LogP contribution in [0.25, 0.3) is 0 Å². The largest absolute Gasteiger partial charge is 0.433 e. The molecule has 2 N–H and O–H groups in total. The van der Waals surface area contributed by atoms with Gasteiger partial charge in [-0.05, 0) is 13.0 Å². The van der Waals surface area contributed by atoms with Crippen molar-refractivity contribution >= 4 is 0 Å². The Labute approximate surface area is 91.4 Å². The maximum absolute atomic E-state index is 12.7. The van der Waals surface area contributed by atoms with Gasteiger partial charge in [-0.3, -0.25) is 4.98 Å². The average Bonchev–Trinajstić information content (AvgIpc) is 2.27. The molecular formula is C10H13F3N2O. The highest BCUT2D eigenvalue weighted by atomic mass is 19.4. The van der Waals surface area contributed by atoms with Crippen LogP contribution in [0.3, 0.4) is 0 Å². The Morgan fingerprint density at radius 3 is 2.50 bits per heavy atom. The molecule has 1 atom stereocenters. The minimum atomic E-state index is -4.51. The van der Waals surface area contributed by atoms with Crippen LogP contribution in [0, 0.1) is 0 Å². The van der Waals surface area contributed by atoms with Crippen molar-refractivity contribution in [1.82, 2.24) is 4.98 Å². The number of ether oxygens (including phenoxy) is 1. The van der Waals surface area contributed by atoms with Gasteiger partial charge in [0.2, 0.25) is 0 Å². The molecule has 16 heavy (non-hydrogen) atoms. The maximum atomic E-state index is 12.7. The molecule has 1 rings (SSSR count). The zero-order valence-electron chi connectivity index (χ0n) is 9.01. The van der Waals surface area contributed by atoms with E-state index in [2.05, 4.69) is 4.98 Å². The Hall–Kier alpha value is -1.14. The smallest absolute Gasteiger partial charge is 0.372 e. The topological polar surface area (TPSA) is 48.1 Å². The van der Waals surface area contributed by atoms with Gasteiger partial charge in [0.25, 0.3) is 0 Å². The lowest BCUT2D eigenvalue weighted by molar-refractivity contribution is -0.144. The summed E-state index contributed by atoms with van der Waals surface area (Å²) in [4.78, 5) is 3.35. The first-order valence-electron chi connectivity index (χ1n) is 4.63. The summed E-state index contributed by atoms with van der Waals surface area (Å²) in [6.45, 7) is 1.44. The summed E-state index contributed by atoms with van der Waals surface area (Å²) in [7, 11) is 1.32. The van der Waals surface area contributed by atoms with E-state index in [1.807, 2.05) is 0 Å². The molecule has 0 bridgehead atoms. The normalized spacial score (nSPS) is 15.9. The van der Waals surface area contributed by atoms with Crippen molar-refractivity contribution < 1.29 is 17.9 Å². The molecule has 0 aliphatic carbocycles. The van der Waals surface area contributed by atoms with E-state index in [0.717, 1.165) is 6.20 Å². The number of halogens is 3. The van der Waals surface area contributed by atoms with E-state index in [1.54, 1.807) is 0 Å². The van der Waals surface area contributed by atoms with Crippen LogP contribution in [0.2, 0.25) is 0 Å². The van der Waals surface area contributed by atoms with Crippen molar-refractivity contribution in [3.05, 3.63) is 29.6 Å². The molecule has 1 aromatic heterocycles. The monoisotopic (exact) mass is 234 g/mol. The first-order valence-corrected chi connectivity index (χ1v) is 4.63. The van der Waals surface area contributed by atoms with Crippen LogP contribution in [0.4, 0.5) is 13.2 Å². The van der Waals surface area contributed by atoms with Crippen molar-refractivity contribution in [3.63, 3.8) is 0 Å². The molecule has 1 aromatic rings. The lowest BCUT2D eigenvalue weighted by atomic mass is 9.94. The van der Waals surface area contributed by atoms with Gasteiger partial charge in [-0.1, -0.05) is 6.07 Å². The fraction of sp³-hybridized carbons (Fsp3) is 0.500. The van der Waals surface area contributed by atoms with Crippen molar-refractivity contribution in [3.8, 4) is 0 Å². The molecule has 0 aromatic carbocycles. The van der Waals surface area contributed by atoms with Crippen molar-refractivity contribution in [2.24, 2.45) is 5.73 Å². The number of hydrogen-bond acceptors (Lipinski definition) is 3. The molecule has 3 nitrogen and oxygen atoms in total. The van der Waals surface area contributed by atoms with Crippen molar-refractivity contribution in [2.45, 2.75) is 18.7 Å². The van der Waals surface area contributed by atoms with Crippen LogP contribution in [0.1, 0.15) is 18.2 Å². The Morgan fingerprint density at radius 2 is 2.06 bits per heavy atom. The van der Waals surface area contributed by atoms with E-state index in [1.165, 1.54) is 26.2 Å². The third-order valence-corrected chi connectivity index (χ3v) is 2.49. The minimum absolute atomic E-state index is 0.0486. The number of rotatable bonds is 3. The number of nitrogens with two attached hydrogens (primary N) is 1. The van der Waals surface area contributed by atoms with Crippen LogP contribution in [0.5, 0.6) is 0 Å². The van der Waals surface area contributed by atoms with Crippen LogP contribution >= 0.6 is 0 Å². The Morgan fingerprint density at radius 1 is 1.44 bits per heavy atom. The molecule has 0 aliphatic rings. The highest BCUT2D eigenvalue weighted by Crippen LogP contribution is 2.35. The van der Waals surface area contributed by atoms with E-state index in [0.29, 0.717) is 0 Å².